The number of ether oxygens (including phenoxy) is 2. The van der Waals surface area contributed by atoms with E-state index >= 15 is 0 Å². The molecule has 0 unspecified atom stereocenters. The molecule has 0 spiro atoms. The third-order valence-electron chi connectivity index (χ3n) is 6.38. The summed E-state index contributed by atoms with van der Waals surface area (Å²) in [6, 6.07) is 13.1. The monoisotopic (exact) mass is 432 g/mol. The second-order valence-corrected chi connectivity index (χ2v) is 8.19. The van der Waals surface area contributed by atoms with E-state index < -0.39 is 0 Å². The van der Waals surface area contributed by atoms with Gasteiger partial charge in [-0.15, -0.1) is 0 Å². The largest absolute Gasteiger partial charge is 0.504 e. The van der Waals surface area contributed by atoms with Crippen molar-refractivity contribution in [2.24, 2.45) is 0 Å². The second-order valence-electron chi connectivity index (χ2n) is 8.19. The molecule has 7 heteroatoms. The molecule has 7 nitrogen and oxygen atoms in total. The zero-order valence-corrected chi connectivity index (χ0v) is 18.1. The average molecular weight is 432 g/mol. The Morgan fingerprint density at radius 3 is 2.50 bits per heavy atom. The molecule has 2 atom stereocenters. The number of allylic oxidation sites excluding steroid dienone is 2. The molecule has 1 aliphatic carbocycles. The van der Waals surface area contributed by atoms with E-state index in [1.54, 1.807) is 19.2 Å². The summed E-state index contributed by atoms with van der Waals surface area (Å²) < 4.78 is 16.0. The van der Waals surface area contributed by atoms with Crippen molar-refractivity contribution in [3.63, 3.8) is 0 Å². The number of aromatic hydroxyl groups is 1. The average Bonchev–Trinajstić information content (AvgIpc) is 3.17. The van der Waals surface area contributed by atoms with Gasteiger partial charge in [0.2, 0.25) is 5.88 Å². The molecular formula is C25H24N2O5. The molecule has 2 aromatic carbocycles. The number of hydrogen-bond acceptors (Lipinski definition) is 7. The predicted octanol–water partition coefficient (Wildman–Crippen LogP) is 4.66. The number of aromatic nitrogens is 1. The van der Waals surface area contributed by atoms with Crippen LogP contribution in [0, 0.1) is 6.92 Å². The molecule has 1 aromatic heterocycles. The Labute approximate surface area is 185 Å². The van der Waals surface area contributed by atoms with Gasteiger partial charge in [0, 0.05) is 23.6 Å². The van der Waals surface area contributed by atoms with Crippen molar-refractivity contribution in [3.8, 4) is 17.2 Å². The molecule has 5 rings (SSSR count). The lowest BCUT2D eigenvalue weighted by Crippen LogP contribution is -2.29. The van der Waals surface area contributed by atoms with Gasteiger partial charge >= 0.3 is 0 Å². The number of Topliss-reactive ketones (excluding diaryl/α,β-unsaturated/α-hetero) is 1. The minimum Gasteiger partial charge on any atom is -0.504 e. The van der Waals surface area contributed by atoms with Gasteiger partial charge in [0.05, 0.1) is 25.5 Å². The SMILES string of the molecule is COc1ccc([C@@H]2CC(=O)C3=C(C2)Nc2onc(C)c2[C@H]3c2ccc(OC)c(O)c2)cc1. The van der Waals surface area contributed by atoms with Crippen molar-refractivity contribution in [1.29, 1.82) is 0 Å². The van der Waals surface area contributed by atoms with Crippen LogP contribution in [0.5, 0.6) is 17.2 Å². The fourth-order valence-electron chi connectivity index (χ4n) is 4.80. The van der Waals surface area contributed by atoms with Gasteiger partial charge in [-0.25, -0.2) is 0 Å². The van der Waals surface area contributed by atoms with Crippen LogP contribution in [0.15, 0.2) is 58.3 Å². The molecule has 0 radical (unpaired) electrons. The number of benzene rings is 2. The Morgan fingerprint density at radius 1 is 1.06 bits per heavy atom. The topological polar surface area (TPSA) is 93.8 Å². The van der Waals surface area contributed by atoms with Crippen LogP contribution in [0.1, 0.15) is 47.1 Å². The van der Waals surface area contributed by atoms with Gasteiger partial charge in [-0.1, -0.05) is 23.4 Å². The first-order valence-corrected chi connectivity index (χ1v) is 10.5. The smallest absolute Gasteiger partial charge is 0.233 e. The number of nitrogens with zero attached hydrogens (tertiary/aromatic N) is 1. The second kappa shape index (κ2) is 7.75. The minimum absolute atomic E-state index is 0.0284. The lowest BCUT2D eigenvalue weighted by molar-refractivity contribution is -0.116. The highest BCUT2D eigenvalue weighted by Gasteiger charge is 2.41. The Hall–Kier alpha value is -3.74. The number of phenols is 1. The molecule has 2 N–H and O–H groups in total. The van der Waals surface area contributed by atoms with E-state index in [1.807, 2.05) is 37.3 Å². The predicted molar refractivity (Wildman–Crippen MR) is 118 cm³/mol. The lowest BCUT2D eigenvalue weighted by atomic mass is 9.72. The number of anilines is 1. The number of phenolic OH excluding ortho intramolecular Hbond substituents is 1. The summed E-state index contributed by atoms with van der Waals surface area (Å²) in [4.78, 5) is 13.5. The van der Waals surface area contributed by atoms with Crippen molar-refractivity contribution in [2.45, 2.75) is 31.6 Å². The highest BCUT2D eigenvalue weighted by Crippen LogP contribution is 2.49. The normalized spacial score (nSPS) is 19.8. The first-order valence-electron chi connectivity index (χ1n) is 10.5. The maximum Gasteiger partial charge on any atom is 0.233 e. The van der Waals surface area contributed by atoms with Gasteiger partial charge in [0.1, 0.15) is 5.75 Å². The molecule has 0 saturated carbocycles. The summed E-state index contributed by atoms with van der Waals surface area (Å²) in [6.07, 6.45) is 1.08. The molecule has 2 heterocycles. The molecule has 0 fully saturated rings. The van der Waals surface area contributed by atoms with Gasteiger partial charge in [0.15, 0.2) is 17.3 Å². The molecule has 3 aromatic rings. The maximum absolute atomic E-state index is 13.5. The molecule has 1 aliphatic heterocycles. The number of fused-ring (bicyclic) bond motifs is 1. The molecular weight excluding hydrogens is 408 g/mol. The van der Waals surface area contributed by atoms with E-state index in [0.717, 1.165) is 28.1 Å². The van der Waals surface area contributed by atoms with Crippen molar-refractivity contribution >= 4 is 11.7 Å². The molecule has 0 bridgehead atoms. The van der Waals surface area contributed by atoms with Crippen LogP contribution in [0.25, 0.3) is 0 Å². The molecule has 32 heavy (non-hydrogen) atoms. The van der Waals surface area contributed by atoms with Gasteiger partial charge in [-0.3, -0.25) is 4.79 Å². The van der Waals surface area contributed by atoms with Crippen LogP contribution in [0.3, 0.4) is 0 Å². The number of hydrogen-bond donors (Lipinski definition) is 2. The molecule has 0 saturated heterocycles. The first kappa shape index (κ1) is 20.2. The summed E-state index contributed by atoms with van der Waals surface area (Å²) in [5.74, 6) is 1.50. The Balaban J connectivity index is 1.58. The standard InChI is InChI=1S/C25H24N2O5/c1-13-22-23(15-6-9-21(31-3)19(28)11-15)24-18(26-25(22)32-27-13)10-16(12-20(24)29)14-4-7-17(30-2)8-5-14/h4-9,11,16,23,26,28H,10,12H2,1-3H3/t16-,23+/m0/s1. The Kier molecular flexibility index (Phi) is 4.89. The highest BCUT2D eigenvalue weighted by atomic mass is 16.5. The molecule has 164 valence electrons. The van der Waals surface area contributed by atoms with E-state index in [2.05, 4.69) is 10.5 Å². The lowest BCUT2D eigenvalue weighted by Gasteiger charge is -2.34. The van der Waals surface area contributed by atoms with Gasteiger partial charge in [-0.2, -0.15) is 0 Å². The Bertz CT molecular complexity index is 1230. The fourth-order valence-corrected chi connectivity index (χ4v) is 4.80. The first-order chi connectivity index (χ1) is 15.5. The number of carbonyl (C=O) groups is 1. The van der Waals surface area contributed by atoms with Crippen LogP contribution in [0.4, 0.5) is 5.88 Å². The minimum atomic E-state index is -0.367. The molecule has 0 amide bonds. The number of ketones is 1. The number of methoxy groups -OCH3 is 2. The van der Waals surface area contributed by atoms with Crippen molar-refractivity contribution in [1.82, 2.24) is 5.16 Å². The van der Waals surface area contributed by atoms with Crippen molar-refractivity contribution in [3.05, 3.63) is 76.1 Å². The van der Waals surface area contributed by atoms with E-state index in [-0.39, 0.29) is 23.4 Å². The van der Waals surface area contributed by atoms with Gasteiger partial charge in [0.25, 0.3) is 0 Å². The van der Waals surface area contributed by atoms with E-state index in [1.165, 1.54) is 7.11 Å². The summed E-state index contributed by atoms with van der Waals surface area (Å²) >= 11 is 0. The quantitative estimate of drug-likeness (QED) is 0.619. The number of carbonyl (C=O) groups excluding carboxylic acids is 1. The number of rotatable bonds is 4. The third kappa shape index (κ3) is 3.21. The van der Waals surface area contributed by atoms with Crippen LogP contribution >= 0.6 is 0 Å². The van der Waals surface area contributed by atoms with E-state index in [0.29, 0.717) is 35.7 Å². The third-order valence-corrected chi connectivity index (χ3v) is 6.38. The van der Waals surface area contributed by atoms with Crippen LogP contribution in [-0.2, 0) is 4.79 Å². The van der Waals surface area contributed by atoms with Gasteiger partial charge < -0.3 is 24.4 Å². The zero-order valence-electron chi connectivity index (χ0n) is 18.1. The van der Waals surface area contributed by atoms with Crippen molar-refractivity contribution < 1.29 is 23.9 Å². The van der Waals surface area contributed by atoms with Crippen LogP contribution in [-0.4, -0.2) is 30.3 Å². The highest BCUT2D eigenvalue weighted by molar-refractivity contribution is 6.01. The summed E-state index contributed by atoms with van der Waals surface area (Å²) in [6.45, 7) is 1.86. The van der Waals surface area contributed by atoms with Gasteiger partial charge in [-0.05, 0) is 54.7 Å². The summed E-state index contributed by atoms with van der Waals surface area (Å²) in [5, 5.41) is 17.9. The maximum atomic E-state index is 13.5. The summed E-state index contributed by atoms with van der Waals surface area (Å²) in [5.41, 5.74) is 4.96. The number of aryl methyl sites for hydroxylation is 1. The van der Waals surface area contributed by atoms with Crippen LogP contribution in [0.2, 0.25) is 0 Å². The molecule has 2 aliphatic rings. The van der Waals surface area contributed by atoms with Crippen molar-refractivity contribution in [2.75, 3.05) is 19.5 Å². The number of nitrogens with one attached hydrogen (secondary N) is 1. The van der Waals surface area contributed by atoms with Crippen LogP contribution < -0.4 is 14.8 Å². The zero-order chi connectivity index (χ0) is 22.4. The van der Waals surface area contributed by atoms with E-state index in [4.69, 9.17) is 14.0 Å². The van der Waals surface area contributed by atoms with E-state index in [9.17, 15) is 9.90 Å². The Morgan fingerprint density at radius 2 is 1.81 bits per heavy atom. The fraction of sp³-hybridized carbons (Fsp3) is 0.280. The summed E-state index contributed by atoms with van der Waals surface area (Å²) in [7, 11) is 3.14.